The van der Waals surface area contributed by atoms with Crippen molar-refractivity contribution in [2.75, 3.05) is 6.54 Å². The van der Waals surface area contributed by atoms with E-state index in [-0.39, 0.29) is 5.82 Å². The third-order valence-corrected chi connectivity index (χ3v) is 4.18. The van der Waals surface area contributed by atoms with E-state index < -0.39 is 0 Å². The number of nitrogens with zero attached hydrogens (tertiary/aromatic N) is 1. The molecule has 2 nitrogen and oxygen atoms in total. The predicted octanol–water partition coefficient (Wildman–Crippen LogP) is 4.43. The second-order valence-electron chi connectivity index (χ2n) is 5.52. The minimum atomic E-state index is -0.202. The molecule has 0 saturated heterocycles. The molecule has 1 heterocycles. The molecule has 0 amide bonds. The SMILES string of the molecule is Cc1cc(CNCC(C)C)cnc1Sc1ccccc1F. The predicted molar refractivity (Wildman–Crippen MR) is 86.0 cm³/mol. The molecule has 2 rings (SSSR count). The summed E-state index contributed by atoms with van der Waals surface area (Å²) in [4.78, 5) is 5.08. The molecule has 2 aromatic rings. The highest BCUT2D eigenvalue weighted by Gasteiger charge is 2.07. The van der Waals surface area contributed by atoms with Gasteiger partial charge in [0.2, 0.25) is 0 Å². The van der Waals surface area contributed by atoms with Crippen LogP contribution in [0.1, 0.15) is 25.0 Å². The zero-order valence-corrected chi connectivity index (χ0v) is 13.5. The highest BCUT2D eigenvalue weighted by atomic mass is 32.2. The Morgan fingerprint density at radius 3 is 2.71 bits per heavy atom. The summed E-state index contributed by atoms with van der Waals surface area (Å²) in [5.41, 5.74) is 2.23. The van der Waals surface area contributed by atoms with Crippen LogP contribution in [0, 0.1) is 18.7 Å². The molecule has 1 aromatic carbocycles. The third-order valence-electron chi connectivity index (χ3n) is 3.01. The molecule has 0 radical (unpaired) electrons. The fourth-order valence-electron chi connectivity index (χ4n) is 1.96. The van der Waals surface area contributed by atoms with Gasteiger partial charge in [0.15, 0.2) is 0 Å². The van der Waals surface area contributed by atoms with Crippen LogP contribution in [0.3, 0.4) is 0 Å². The largest absolute Gasteiger partial charge is 0.312 e. The number of nitrogens with one attached hydrogen (secondary N) is 1. The van der Waals surface area contributed by atoms with Gasteiger partial charge in [-0.2, -0.15) is 0 Å². The van der Waals surface area contributed by atoms with Gasteiger partial charge in [-0.15, -0.1) is 0 Å². The van der Waals surface area contributed by atoms with Crippen LogP contribution in [0.15, 0.2) is 46.5 Å². The van der Waals surface area contributed by atoms with Crippen molar-refractivity contribution in [1.82, 2.24) is 10.3 Å². The zero-order valence-electron chi connectivity index (χ0n) is 12.7. The zero-order chi connectivity index (χ0) is 15.2. The highest BCUT2D eigenvalue weighted by Crippen LogP contribution is 2.30. The quantitative estimate of drug-likeness (QED) is 0.855. The molecule has 0 saturated carbocycles. The van der Waals surface area contributed by atoms with Gasteiger partial charge < -0.3 is 5.32 Å². The minimum absolute atomic E-state index is 0.202. The minimum Gasteiger partial charge on any atom is -0.312 e. The first-order chi connectivity index (χ1) is 10.1. The molecule has 0 atom stereocenters. The monoisotopic (exact) mass is 304 g/mol. The van der Waals surface area contributed by atoms with Crippen LogP contribution in [0.2, 0.25) is 0 Å². The molecular weight excluding hydrogens is 283 g/mol. The van der Waals surface area contributed by atoms with Gasteiger partial charge in [-0.3, -0.25) is 0 Å². The molecule has 21 heavy (non-hydrogen) atoms. The smallest absolute Gasteiger partial charge is 0.137 e. The standard InChI is InChI=1S/C17H21FN2S/c1-12(2)9-19-10-14-8-13(3)17(20-11-14)21-16-7-5-4-6-15(16)18/h4-8,11-12,19H,9-10H2,1-3H3. The Morgan fingerprint density at radius 1 is 1.29 bits per heavy atom. The Morgan fingerprint density at radius 2 is 2.05 bits per heavy atom. The van der Waals surface area contributed by atoms with E-state index in [4.69, 9.17) is 0 Å². The normalized spacial score (nSPS) is 11.1. The number of hydrogen-bond donors (Lipinski definition) is 1. The molecule has 0 aliphatic carbocycles. The number of hydrogen-bond acceptors (Lipinski definition) is 3. The van der Waals surface area contributed by atoms with Gasteiger partial charge in [-0.25, -0.2) is 9.37 Å². The van der Waals surface area contributed by atoms with E-state index in [1.54, 1.807) is 12.1 Å². The number of pyridine rings is 1. The van der Waals surface area contributed by atoms with E-state index in [2.05, 4.69) is 30.2 Å². The Hall–Kier alpha value is -1.39. The Balaban J connectivity index is 2.04. The lowest BCUT2D eigenvalue weighted by Gasteiger charge is -2.10. The number of halogens is 1. The van der Waals surface area contributed by atoms with Crippen LogP contribution in [0.25, 0.3) is 0 Å². The summed E-state index contributed by atoms with van der Waals surface area (Å²) >= 11 is 1.37. The topological polar surface area (TPSA) is 24.9 Å². The van der Waals surface area contributed by atoms with Gasteiger partial charge in [0.25, 0.3) is 0 Å². The molecule has 0 aliphatic heterocycles. The van der Waals surface area contributed by atoms with E-state index in [0.29, 0.717) is 10.8 Å². The highest BCUT2D eigenvalue weighted by molar-refractivity contribution is 7.99. The van der Waals surface area contributed by atoms with Crippen LogP contribution in [-0.2, 0) is 6.54 Å². The maximum atomic E-state index is 13.7. The molecule has 1 aromatic heterocycles. The second-order valence-corrected chi connectivity index (χ2v) is 6.55. The van der Waals surface area contributed by atoms with Crippen molar-refractivity contribution < 1.29 is 4.39 Å². The molecule has 0 unspecified atom stereocenters. The molecule has 0 aliphatic rings. The number of aryl methyl sites for hydroxylation is 1. The van der Waals surface area contributed by atoms with Gasteiger partial charge in [0.1, 0.15) is 10.8 Å². The van der Waals surface area contributed by atoms with Gasteiger partial charge in [0, 0.05) is 17.6 Å². The maximum Gasteiger partial charge on any atom is 0.137 e. The summed E-state index contributed by atoms with van der Waals surface area (Å²) in [5.74, 6) is 0.432. The van der Waals surface area contributed by atoms with Crippen LogP contribution in [0.4, 0.5) is 4.39 Å². The van der Waals surface area contributed by atoms with Crippen molar-refractivity contribution in [2.45, 2.75) is 37.2 Å². The summed E-state index contributed by atoms with van der Waals surface area (Å²) in [6, 6.07) is 8.90. The van der Waals surface area contributed by atoms with E-state index in [1.165, 1.54) is 17.8 Å². The lowest BCUT2D eigenvalue weighted by Crippen LogP contribution is -2.19. The third kappa shape index (κ3) is 4.83. The van der Waals surface area contributed by atoms with Crippen LogP contribution < -0.4 is 5.32 Å². The van der Waals surface area contributed by atoms with Crippen LogP contribution in [0.5, 0.6) is 0 Å². The molecule has 4 heteroatoms. The van der Waals surface area contributed by atoms with E-state index >= 15 is 0 Å². The van der Waals surface area contributed by atoms with Crippen molar-refractivity contribution in [3.8, 4) is 0 Å². The summed E-state index contributed by atoms with van der Waals surface area (Å²) in [6.07, 6.45) is 1.86. The van der Waals surface area contributed by atoms with E-state index in [9.17, 15) is 4.39 Å². The summed E-state index contributed by atoms with van der Waals surface area (Å²) < 4.78 is 13.7. The van der Waals surface area contributed by atoms with Gasteiger partial charge >= 0.3 is 0 Å². The Bertz CT molecular complexity index is 599. The molecule has 1 N–H and O–H groups in total. The van der Waals surface area contributed by atoms with Crippen LogP contribution >= 0.6 is 11.8 Å². The van der Waals surface area contributed by atoms with Crippen molar-refractivity contribution in [3.05, 3.63) is 53.5 Å². The second kappa shape index (κ2) is 7.57. The fourth-order valence-corrected chi connectivity index (χ4v) is 2.81. The number of rotatable bonds is 6. The van der Waals surface area contributed by atoms with Gasteiger partial charge in [-0.1, -0.05) is 43.8 Å². The summed E-state index contributed by atoms with van der Waals surface area (Å²) in [6.45, 7) is 8.19. The average molecular weight is 304 g/mol. The molecule has 0 spiro atoms. The first-order valence-electron chi connectivity index (χ1n) is 7.15. The van der Waals surface area contributed by atoms with Crippen molar-refractivity contribution in [3.63, 3.8) is 0 Å². The summed E-state index contributed by atoms with van der Waals surface area (Å²) in [7, 11) is 0. The molecule has 0 bridgehead atoms. The Kier molecular flexibility index (Phi) is 5.76. The number of aromatic nitrogens is 1. The number of benzene rings is 1. The average Bonchev–Trinajstić information content (AvgIpc) is 2.43. The van der Waals surface area contributed by atoms with Crippen LogP contribution in [-0.4, -0.2) is 11.5 Å². The van der Waals surface area contributed by atoms with Gasteiger partial charge in [-0.05, 0) is 42.6 Å². The maximum absolute atomic E-state index is 13.7. The first-order valence-corrected chi connectivity index (χ1v) is 7.96. The molecule has 112 valence electrons. The molecular formula is C17H21FN2S. The van der Waals surface area contributed by atoms with E-state index in [1.807, 2.05) is 19.2 Å². The lowest BCUT2D eigenvalue weighted by molar-refractivity contribution is 0.551. The Labute approximate surface area is 130 Å². The van der Waals surface area contributed by atoms with Gasteiger partial charge in [0.05, 0.1) is 0 Å². The first kappa shape index (κ1) is 16.0. The van der Waals surface area contributed by atoms with Crippen molar-refractivity contribution in [1.29, 1.82) is 0 Å². The molecule has 0 fully saturated rings. The lowest BCUT2D eigenvalue weighted by atomic mass is 10.2. The van der Waals surface area contributed by atoms with E-state index in [0.717, 1.165) is 29.2 Å². The fraction of sp³-hybridized carbons (Fsp3) is 0.353. The van der Waals surface area contributed by atoms with Crippen molar-refractivity contribution in [2.24, 2.45) is 5.92 Å². The van der Waals surface area contributed by atoms with Crippen molar-refractivity contribution >= 4 is 11.8 Å². The summed E-state index contributed by atoms with van der Waals surface area (Å²) in [5, 5.41) is 4.25.